The Hall–Kier alpha value is -2.28. The summed E-state index contributed by atoms with van der Waals surface area (Å²) in [4.78, 5) is 26.3. The molecular weight excluding hydrogens is 336 g/mol. The Labute approximate surface area is 150 Å². The Bertz CT molecular complexity index is 806. The van der Waals surface area contributed by atoms with Crippen LogP contribution in [0.5, 0.6) is 0 Å². The molecule has 7 heteroatoms. The number of fused-ring (bicyclic) bond motifs is 1. The molecule has 1 N–H and O–H groups in total. The lowest BCUT2D eigenvalue weighted by Gasteiger charge is -2.29. The molecule has 0 spiro atoms. The van der Waals surface area contributed by atoms with E-state index in [0.29, 0.717) is 24.5 Å². The zero-order chi connectivity index (χ0) is 17.4. The number of hydrogen-bond donors (Lipinski definition) is 1. The molecule has 4 rings (SSSR count). The minimum Gasteiger partial charge on any atom is -0.315 e. The maximum atomic E-state index is 12.6. The van der Waals surface area contributed by atoms with E-state index in [1.807, 2.05) is 43.5 Å². The molecule has 2 saturated heterocycles. The van der Waals surface area contributed by atoms with Crippen LogP contribution in [0.4, 0.5) is 5.82 Å². The van der Waals surface area contributed by atoms with Crippen molar-refractivity contribution in [1.29, 1.82) is 0 Å². The van der Waals surface area contributed by atoms with Crippen LogP contribution < -0.4 is 5.32 Å². The fourth-order valence-corrected chi connectivity index (χ4v) is 4.94. The Morgan fingerprint density at radius 3 is 2.96 bits per heavy atom. The monoisotopic (exact) mass is 356 g/mol. The first-order chi connectivity index (χ1) is 12.0. The van der Waals surface area contributed by atoms with Crippen molar-refractivity contribution >= 4 is 29.4 Å². The van der Waals surface area contributed by atoms with Crippen LogP contribution in [0.1, 0.15) is 25.3 Å². The van der Waals surface area contributed by atoms with Crippen LogP contribution in [0.2, 0.25) is 0 Å². The number of aromatic nitrogens is 2. The lowest BCUT2D eigenvalue weighted by atomic mass is 10.2. The van der Waals surface area contributed by atoms with Crippen molar-refractivity contribution in [1.82, 2.24) is 14.7 Å². The molecule has 1 aromatic carbocycles. The standard InChI is InChI=1S/C18H20N4O2S/c1-18-9-7-16(23)22(18)14(12-25-18)17(24)19-15-8-10-21(20-15)11-13-5-3-2-4-6-13/h2-6,8,10,14H,7,9,11-12H2,1H3,(H,19,20,24)/t14-,18-/m1/s1. The highest BCUT2D eigenvalue weighted by atomic mass is 32.2. The molecule has 0 radical (unpaired) electrons. The quantitative estimate of drug-likeness (QED) is 0.913. The lowest BCUT2D eigenvalue weighted by molar-refractivity contribution is -0.135. The predicted molar refractivity (Wildman–Crippen MR) is 97.1 cm³/mol. The van der Waals surface area contributed by atoms with Gasteiger partial charge in [0.15, 0.2) is 5.82 Å². The second-order valence-corrected chi connectivity index (χ2v) is 8.14. The molecule has 2 aliphatic rings. The Balaban J connectivity index is 1.43. The zero-order valence-electron chi connectivity index (χ0n) is 14.0. The molecule has 0 unspecified atom stereocenters. The molecule has 2 aromatic rings. The lowest BCUT2D eigenvalue weighted by Crippen LogP contribution is -2.48. The van der Waals surface area contributed by atoms with Crippen molar-refractivity contribution in [2.75, 3.05) is 11.1 Å². The maximum absolute atomic E-state index is 12.6. The highest BCUT2D eigenvalue weighted by Crippen LogP contribution is 2.47. The highest BCUT2D eigenvalue weighted by Gasteiger charge is 2.52. The highest BCUT2D eigenvalue weighted by molar-refractivity contribution is 8.01. The van der Waals surface area contributed by atoms with Gasteiger partial charge in [0.1, 0.15) is 6.04 Å². The summed E-state index contributed by atoms with van der Waals surface area (Å²) in [5.41, 5.74) is 1.15. The molecule has 0 aliphatic carbocycles. The van der Waals surface area contributed by atoms with Crippen LogP contribution >= 0.6 is 11.8 Å². The number of anilines is 1. The van der Waals surface area contributed by atoms with Gasteiger partial charge in [0, 0.05) is 24.4 Å². The molecule has 6 nitrogen and oxygen atoms in total. The van der Waals surface area contributed by atoms with Crippen LogP contribution in [-0.4, -0.2) is 43.2 Å². The van der Waals surface area contributed by atoms with E-state index in [0.717, 1.165) is 12.0 Å². The van der Waals surface area contributed by atoms with Gasteiger partial charge in [0.05, 0.1) is 11.4 Å². The number of carbonyl (C=O) groups excluding carboxylic acids is 2. The van der Waals surface area contributed by atoms with Crippen molar-refractivity contribution in [3.8, 4) is 0 Å². The summed E-state index contributed by atoms with van der Waals surface area (Å²) in [6.45, 7) is 2.70. The first kappa shape index (κ1) is 16.2. The van der Waals surface area contributed by atoms with Crippen LogP contribution in [0.15, 0.2) is 42.6 Å². The molecule has 2 fully saturated rings. The molecule has 25 heavy (non-hydrogen) atoms. The molecule has 2 atom stereocenters. The Morgan fingerprint density at radius 2 is 2.16 bits per heavy atom. The average Bonchev–Trinajstić information content (AvgIpc) is 3.25. The van der Waals surface area contributed by atoms with Crippen molar-refractivity contribution in [2.24, 2.45) is 0 Å². The summed E-state index contributed by atoms with van der Waals surface area (Å²) in [5.74, 6) is 1.07. The van der Waals surface area contributed by atoms with Gasteiger partial charge in [-0.25, -0.2) is 0 Å². The van der Waals surface area contributed by atoms with E-state index in [2.05, 4.69) is 10.4 Å². The second-order valence-electron chi connectivity index (χ2n) is 6.64. The number of thioether (sulfide) groups is 1. The number of nitrogens with one attached hydrogen (secondary N) is 1. The summed E-state index contributed by atoms with van der Waals surface area (Å²) < 4.78 is 1.79. The third kappa shape index (κ3) is 3.04. The Kier molecular flexibility index (Phi) is 4.03. The zero-order valence-corrected chi connectivity index (χ0v) is 14.8. The van der Waals surface area contributed by atoms with Crippen LogP contribution in [0, 0.1) is 0 Å². The van der Waals surface area contributed by atoms with Gasteiger partial charge in [0.25, 0.3) is 0 Å². The molecule has 0 saturated carbocycles. The van der Waals surface area contributed by atoms with E-state index in [9.17, 15) is 9.59 Å². The minimum atomic E-state index is -0.413. The van der Waals surface area contributed by atoms with E-state index in [1.54, 1.807) is 27.4 Å². The number of rotatable bonds is 4. The fraction of sp³-hybridized carbons (Fsp3) is 0.389. The van der Waals surface area contributed by atoms with Crippen LogP contribution in [0.25, 0.3) is 0 Å². The smallest absolute Gasteiger partial charge is 0.249 e. The van der Waals surface area contributed by atoms with Gasteiger partial charge in [-0.05, 0) is 18.9 Å². The third-order valence-electron chi connectivity index (χ3n) is 4.83. The maximum Gasteiger partial charge on any atom is 0.249 e. The van der Waals surface area contributed by atoms with E-state index < -0.39 is 6.04 Å². The van der Waals surface area contributed by atoms with E-state index in [1.165, 1.54) is 0 Å². The normalized spacial score (nSPS) is 25.2. The summed E-state index contributed by atoms with van der Waals surface area (Å²) in [7, 11) is 0. The summed E-state index contributed by atoms with van der Waals surface area (Å²) in [5, 5.41) is 7.28. The van der Waals surface area contributed by atoms with Gasteiger partial charge in [-0.15, -0.1) is 11.8 Å². The summed E-state index contributed by atoms with van der Waals surface area (Å²) in [6, 6.07) is 11.4. The van der Waals surface area contributed by atoms with Crippen molar-refractivity contribution < 1.29 is 9.59 Å². The third-order valence-corrected chi connectivity index (χ3v) is 6.33. The first-order valence-electron chi connectivity index (χ1n) is 8.39. The van der Waals surface area contributed by atoms with Crippen LogP contribution in [0.3, 0.4) is 0 Å². The van der Waals surface area contributed by atoms with Gasteiger partial charge in [-0.1, -0.05) is 30.3 Å². The van der Waals surface area contributed by atoms with Crippen molar-refractivity contribution in [3.05, 3.63) is 48.2 Å². The Morgan fingerprint density at radius 1 is 1.36 bits per heavy atom. The molecule has 2 amide bonds. The van der Waals surface area contributed by atoms with Gasteiger partial charge in [-0.2, -0.15) is 5.10 Å². The van der Waals surface area contributed by atoms with E-state index >= 15 is 0 Å². The number of nitrogens with zero attached hydrogens (tertiary/aromatic N) is 3. The minimum absolute atomic E-state index is 0.0715. The van der Waals surface area contributed by atoms with Gasteiger partial charge in [0.2, 0.25) is 11.8 Å². The van der Waals surface area contributed by atoms with E-state index in [-0.39, 0.29) is 16.7 Å². The van der Waals surface area contributed by atoms with Crippen LogP contribution in [-0.2, 0) is 16.1 Å². The first-order valence-corrected chi connectivity index (χ1v) is 9.38. The van der Waals surface area contributed by atoms with Gasteiger partial charge >= 0.3 is 0 Å². The molecular formula is C18H20N4O2S. The molecule has 3 heterocycles. The summed E-state index contributed by atoms with van der Waals surface area (Å²) in [6.07, 6.45) is 3.18. The number of carbonyl (C=O) groups is 2. The average molecular weight is 356 g/mol. The number of benzene rings is 1. The molecule has 0 bridgehead atoms. The topological polar surface area (TPSA) is 67.2 Å². The molecule has 130 valence electrons. The van der Waals surface area contributed by atoms with Gasteiger partial charge < -0.3 is 10.2 Å². The van der Waals surface area contributed by atoms with Crippen molar-refractivity contribution in [2.45, 2.75) is 37.2 Å². The number of amides is 2. The number of hydrogen-bond acceptors (Lipinski definition) is 4. The summed E-state index contributed by atoms with van der Waals surface area (Å²) >= 11 is 1.69. The fourth-order valence-electron chi connectivity index (χ4n) is 3.51. The molecule has 1 aromatic heterocycles. The van der Waals surface area contributed by atoms with E-state index in [4.69, 9.17) is 0 Å². The second kappa shape index (κ2) is 6.22. The SMILES string of the molecule is C[C@@]12CCC(=O)N1[C@@H](C(=O)Nc1ccn(Cc3ccccc3)n1)CS2. The van der Waals surface area contributed by atoms with Gasteiger partial charge in [-0.3, -0.25) is 14.3 Å². The largest absolute Gasteiger partial charge is 0.315 e. The van der Waals surface area contributed by atoms with Crippen molar-refractivity contribution in [3.63, 3.8) is 0 Å². The predicted octanol–water partition coefficient (Wildman–Crippen LogP) is 2.32. The molecule has 2 aliphatic heterocycles.